The first-order chi connectivity index (χ1) is 4.88. The average molecular weight is 357 g/mol. The van der Waals surface area contributed by atoms with Gasteiger partial charge in [0.05, 0.1) is 0 Å². The van der Waals surface area contributed by atoms with Gasteiger partial charge in [0.15, 0.2) is 0 Å². The summed E-state index contributed by atoms with van der Waals surface area (Å²) in [5.74, 6) is -1.67. The molecule has 5 heteroatoms. The Balaban J connectivity index is -0.0000000886. The number of carbonyl (C=O) groups is 2. The van der Waals surface area contributed by atoms with Crippen molar-refractivity contribution in [3.05, 3.63) is 0 Å². The Kier molecular flexibility index (Phi) is 25.6. The third-order valence-corrected chi connectivity index (χ3v) is 0. The van der Waals surface area contributed by atoms with Crippen molar-refractivity contribution in [1.82, 2.24) is 0 Å². The Morgan fingerprint density at radius 1 is 1.00 bits per heavy atom. The summed E-state index contributed by atoms with van der Waals surface area (Å²) in [7, 11) is 0. The summed E-state index contributed by atoms with van der Waals surface area (Å²) >= 11 is 0.0833. The van der Waals surface area contributed by atoms with Crippen LogP contribution in [-0.2, 0) is 9.59 Å². The molecule has 0 rings (SSSR count). The van der Waals surface area contributed by atoms with E-state index in [9.17, 15) is 0 Å². The topological polar surface area (TPSA) is 74.6 Å². The van der Waals surface area contributed by atoms with Crippen LogP contribution < -0.4 is 0 Å². The van der Waals surface area contributed by atoms with Crippen LogP contribution in [0.1, 0.15) is 13.8 Å². The molecule has 4 nitrogen and oxygen atoms in total. The molecule has 0 atom stereocenters. The SMILES string of the molecule is CC(=O)O.CC(=O)O.[CH3][Pb][CH3]. The van der Waals surface area contributed by atoms with Gasteiger partial charge in [-0.15, -0.1) is 0 Å². The maximum absolute atomic E-state index is 9.00. The molecule has 0 amide bonds. The predicted octanol–water partition coefficient (Wildman–Crippen LogP) is 0.969. The molecule has 0 saturated carbocycles. The molecule has 0 aromatic carbocycles. The molecule has 0 aliphatic rings. The van der Waals surface area contributed by atoms with Gasteiger partial charge in [0.1, 0.15) is 0 Å². The van der Waals surface area contributed by atoms with Crippen LogP contribution in [0.4, 0.5) is 0 Å². The van der Waals surface area contributed by atoms with Gasteiger partial charge in [-0.3, -0.25) is 9.59 Å². The van der Waals surface area contributed by atoms with E-state index in [0.717, 1.165) is 13.8 Å². The van der Waals surface area contributed by atoms with E-state index >= 15 is 0 Å². The van der Waals surface area contributed by atoms with Crippen LogP contribution in [0.3, 0.4) is 0 Å². The molecule has 2 radical (unpaired) electrons. The van der Waals surface area contributed by atoms with Crippen LogP contribution in [0.5, 0.6) is 0 Å². The van der Waals surface area contributed by atoms with Crippen molar-refractivity contribution in [2.24, 2.45) is 0 Å². The van der Waals surface area contributed by atoms with Crippen LogP contribution in [0.2, 0.25) is 8.97 Å². The van der Waals surface area contributed by atoms with Crippen LogP contribution in [0.25, 0.3) is 0 Å². The van der Waals surface area contributed by atoms with E-state index in [1.165, 1.54) is 0 Å². The monoisotopic (exact) mass is 358 g/mol. The van der Waals surface area contributed by atoms with Crippen LogP contribution in [0, 0.1) is 0 Å². The first-order valence-corrected chi connectivity index (χ1v) is 10.6. The summed E-state index contributed by atoms with van der Waals surface area (Å²) in [5.41, 5.74) is 0. The molecule has 0 saturated heterocycles. The summed E-state index contributed by atoms with van der Waals surface area (Å²) in [6, 6.07) is 0. The molecule has 0 aliphatic carbocycles. The molecule has 0 heterocycles. The molecule has 2 N–H and O–H groups in total. The normalized spacial score (nSPS) is 6.18. The van der Waals surface area contributed by atoms with Crippen molar-refractivity contribution in [1.29, 1.82) is 0 Å². The van der Waals surface area contributed by atoms with Crippen LogP contribution in [0.15, 0.2) is 0 Å². The Morgan fingerprint density at radius 3 is 1.00 bits per heavy atom. The number of hydrogen-bond acceptors (Lipinski definition) is 2. The van der Waals surface area contributed by atoms with Gasteiger partial charge in [-0.1, -0.05) is 0 Å². The summed E-state index contributed by atoms with van der Waals surface area (Å²) in [6.07, 6.45) is 0. The van der Waals surface area contributed by atoms with E-state index in [4.69, 9.17) is 19.8 Å². The van der Waals surface area contributed by atoms with E-state index in [1.54, 1.807) is 0 Å². The second-order valence-corrected chi connectivity index (χ2v) is 5.43. The molecule has 0 unspecified atom stereocenters. The third kappa shape index (κ3) is 32000. The number of carboxylic acids is 2. The van der Waals surface area contributed by atoms with E-state index in [0.29, 0.717) is 0 Å². The van der Waals surface area contributed by atoms with Gasteiger partial charge in [0.2, 0.25) is 0 Å². The van der Waals surface area contributed by atoms with Gasteiger partial charge in [-0.2, -0.15) is 0 Å². The van der Waals surface area contributed by atoms with Crippen LogP contribution >= 0.6 is 0 Å². The quantitative estimate of drug-likeness (QED) is 0.634. The van der Waals surface area contributed by atoms with Gasteiger partial charge >= 0.3 is 33.2 Å². The molecule has 0 spiro atoms. The van der Waals surface area contributed by atoms with Crippen molar-refractivity contribution in [2.75, 3.05) is 0 Å². The fourth-order valence-corrected chi connectivity index (χ4v) is 0. The number of carboxylic acid groups (broad SMARTS) is 2. The predicted molar refractivity (Wildman–Crippen MR) is 44.1 cm³/mol. The second kappa shape index (κ2) is 16.4. The standard InChI is InChI=1S/2C2H4O2.2CH3.Pb/c2*1-2(3)4;;;/h2*1H3,(H,3,4);2*1H3;. The maximum atomic E-state index is 9.00. The third-order valence-electron chi connectivity index (χ3n) is 0. The van der Waals surface area contributed by atoms with E-state index in [2.05, 4.69) is 8.97 Å². The Hall–Kier alpha value is -0.138. The first kappa shape index (κ1) is 17.1. The summed E-state index contributed by atoms with van der Waals surface area (Å²) in [4.78, 5) is 18.0. The van der Waals surface area contributed by atoms with Crippen LogP contribution in [-0.4, -0.2) is 46.4 Å². The van der Waals surface area contributed by atoms with Gasteiger partial charge < -0.3 is 10.2 Å². The molecule has 11 heavy (non-hydrogen) atoms. The molecule has 66 valence electrons. The van der Waals surface area contributed by atoms with E-state index in [1.807, 2.05) is 0 Å². The fraction of sp³-hybridized carbons (Fsp3) is 0.667. The van der Waals surface area contributed by atoms with Crippen molar-refractivity contribution in [3.63, 3.8) is 0 Å². The van der Waals surface area contributed by atoms with Crippen molar-refractivity contribution in [2.45, 2.75) is 22.8 Å². The van der Waals surface area contributed by atoms with Crippen molar-refractivity contribution >= 4 is 36.2 Å². The summed E-state index contributed by atoms with van der Waals surface area (Å²) in [6.45, 7) is 2.17. The molecule has 0 aliphatic heterocycles. The number of hydrogen-bond donors (Lipinski definition) is 2. The molecular formula is C6H14O4Pb. The minimum absolute atomic E-state index is 0.0833. The Morgan fingerprint density at radius 2 is 1.00 bits per heavy atom. The molecule has 0 fully saturated rings. The molecule has 0 aromatic rings. The zero-order chi connectivity index (χ0) is 9.86. The number of rotatable bonds is 0. The van der Waals surface area contributed by atoms with Gasteiger partial charge in [0, 0.05) is 13.8 Å². The van der Waals surface area contributed by atoms with Gasteiger partial charge in [-0.05, 0) is 0 Å². The summed E-state index contributed by atoms with van der Waals surface area (Å²) in [5, 5.41) is 14.8. The van der Waals surface area contributed by atoms with Gasteiger partial charge in [-0.25, -0.2) is 0 Å². The molecular weight excluding hydrogens is 343 g/mol. The van der Waals surface area contributed by atoms with E-state index < -0.39 is 11.9 Å². The minimum atomic E-state index is -0.833. The molecule has 0 bridgehead atoms. The van der Waals surface area contributed by atoms with Crippen molar-refractivity contribution in [3.8, 4) is 0 Å². The van der Waals surface area contributed by atoms with Crippen molar-refractivity contribution < 1.29 is 19.8 Å². The Bertz CT molecular complexity index is 82.8. The molecule has 0 aromatic heterocycles. The zero-order valence-corrected chi connectivity index (χ0v) is 11.1. The zero-order valence-electron chi connectivity index (χ0n) is 7.21. The fourth-order valence-electron chi connectivity index (χ4n) is 0. The van der Waals surface area contributed by atoms with Gasteiger partial charge in [0.25, 0.3) is 11.9 Å². The summed E-state index contributed by atoms with van der Waals surface area (Å²) < 4.78 is 4.64. The first-order valence-electron chi connectivity index (χ1n) is 2.86. The average Bonchev–Trinajstić information content (AvgIpc) is 1.60. The second-order valence-electron chi connectivity index (χ2n) is 1.54. The Labute approximate surface area is 78.8 Å². The number of aliphatic carboxylic acids is 2. The van der Waals surface area contributed by atoms with E-state index in [-0.39, 0.29) is 24.2 Å².